The van der Waals surface area contributed by atoms with Gasteiger partial charge in [-0.1, -0.05) is 0 Å². The molecule has 2 aromatic rings. The van der Waals surface area contributed by atoms with Crippen LogP contribution in [0.5, 0.6) is 5.75 Å². The summed E-state index contributed by atoms with van der Waals surface area (Å²) in [5.74, 6) is 1.36. The van der Waals surface area contributed by atoms with Crippen molar-refractivity contribution in [1.82, 2.24) is 4.98 Å². The van der Waals surface area contributed by atoms with Crippen LogP contribution in [0.4, 0.5) is 0 Å². The summed E-state index contributed by atoms with van der Waals surface area (Å²) in [4.78, 5) is 9.16. The Morgan fingerprint density at radius 2 is 1.68 bits per heavy atom. The zero-order valence-electron chi connectivity index (χ0n) is 16.4. The minimum atomic E-state index is -0.888. The second kappa shape index (κ2) is 9.02. The predicted molar refractivity (Wildman–Crippen MR) is 104 cm³/mol. The molecule has 6 nitrogen and oxygen atoms in total. The number of aryl methyl sites for hydroxylation is 4. The predicted octanol–water partition coefficient (Wildman–Crippen LogP) is -0.173. The number of hydrogen-bond acceptors (Lipinski definition) is 6. The van der Waals surface area contributed by atoms with E-state index in [9.17, 15) is 5.11 Å². The van der Waals surface area contributed by atoms with Gasteiger partial charge in [0.25, 0.3) is 0 Å². The van der Waals surface area contributed by atoms with Crippen molar-refractivity contribution in [1.29, 1.82) is 0 Å². The molecule has 1 atom stereocenters. The van der Waals surface area contributed by atoms with E-state index in [1.807, 2.05) is 52.0 Å². The third kappa shape index (κ3) is 4.89. The van der Waals surface area contributed by atoms with Crippen LogP contribution in [-0.2, 0) is 3.07 Å². The van der Waals surface area contributed by atoms with Crippen molar-refractivity contribution in [3.8, 4) is 5.75 Å². The quantitative estimate of drug-likeness (QED) is 0.544. The van der Waals surface area contributed by atoms with E-state index in [2.05, 4.69) is 9.07 Å². The molecule has 2 heterocycles. The van der Waals surface area contributed by atoms with Crippen molar-refractivity contribution in [3.05, 3.63) is 62.0 Å². The molecule has 1 aliphatic heterocycles. The Balaban J connectivity index is 1.88. The molecule has 0 radical (unpaired) electrons. The van der Waals surface area contributed by atoms with Gasteiger partial charge in [-0.2, -0.15) is 0 Å². The van der Waals surface area contributed by atoms with Crippen LogP contribution in [-0.4, -0.2) is 40.4 Å². The van der Waals surface area contributed by atoms with Gasteiger partial charge in [0.2, 0.25) is 0 Å². The molecule has 0 saturated carbocycles. The van der Waals surface area contributed by atoms with E-state index >= 15 is 0 Å². The first-order chi connectivity index (χ1) is 13.4. The number of benzene rings is 1. The molecule has 150 valence electrons. The molecule has 1 aromatic carbocycles. The SMILES string of the molecule is Cc1cc(C2=NC(c3cc(C)c(OCC(O)CO)c(C)c3)=C[I-]O2)cc(C)n1. The minimum absolute atomic E-state index is 0.0581. The molecule has 1 unspecified atom stereocenters. The van der Waals surface area contributed by atoms with Gasteiger partial charge >= 0.3 is 176 Å². The number of rotatable bonds is 6. The summed E-state index contributed by atoms with van der Waals surface area (Å²) < 4.78 is 13.6. The molecule has 0 fully saturated rings. The van der Waals surface area contributed by atoms with Gasteiger partial charge in [-0.15, -0.1) is 0 Å². The van der Waals surface area contributed by atoms with E-state index in [0.717, 1.165) is 45.1 Å². The van der Waals surface area contributed by atoms with Crippen molar-refractivity contribution in [2.75, 3.05) is 13.2 Å². The van der Waals surface area contributed by atoms with Gasteiger partial charge in [0.15, 0.2) is 0 Å². The Morgan fingerprint density at radius 1 is 1.04 bits per heavy atom. The van der Waals surface area contributed by atoms with Gasteiger partial charge in [0.1, 0.15) is 0 Å². The van der Waals surface area contributed by atoms with E-state index < -0.39 is 27.7 Å². The molecule has 0 aliphatic carbocycles. The number of aliphatic imine (C=N–C) groups is 1. The van der Waals surface area contributed by atoms with Crippen molar-refractivity contribution in [3.63, 3.8) is 0 Å². The summed E-state index contributed by atoms with van der Waals surface area (Å²) in [6.07, 6.45) is -0.888. The molecule has 1 aromatic heterocycles. The number of pyridine rings is 1. The number of halogens is 1. The van der Waals surface area contributed by atoms with E-state index in [0.29, 0.717) is 5.90 Å². The van der Waals surface area contributed by atoms with Crippen LogP contribution >= 0.6 is 0 Å². The fourth-order valence-electron chi connectivity index (χ4n) is 3.01. The zero-order chi connectivity index (χ0) is 20.3. The van der Waals surface area contributed by atoms with Crippen molar-refractivity contribution < 1.29 is 39.6 Å². The second-order valence-electron chi connectivity index (χ2n) is 6.80. The van der Waals surface area contributed by atoms with Crippen molar-refractivity contribution >= 4 is 11.6 Å². The van der Waals surface area contributed by atoms with Crippen LogP contribution in [0.15, 0.2) is 33.3 Å². The first-order valence-corrected chi connectivity index (χ1v) is 11.1. The Bertz CT molecular complexity index is 897. The third-order valence-electron chi connectivity index (χ3n) is 4.20. The molecule has 0 bridgehead atoms. The first kappa shape index (κ1) is 20.8. The summed E-state index contributed by atoms with van der Waals surface area (Å²) in [6.45, 7) is 7.59. The fraction of sp³-hybridized carbons (Fsp3) is 0.333. The maximum atomic E-state index is 9.52. The van der Waals surface area contributed by atoms with Gasteiger partial charge in [0.05, 0.1) is 0 Å². The summed E-state index contributed by atoms with van der Waals surface area (Å²) in [5.41, 5.74) is 6.64. The summed E-state index contributed by atoms with van der Waals surface area (Å²) >= 11 is -0.588. The molecule has 0 spiro atoms. The van der Waals surface area contributed by atoms with Gasteiger partial charge in [-0.3, -0.25) is 0 Å². The van der Waals surface area contributed by atoms with Crippen LogP contribution in [0.25, 0.3) is 5.70 Å². The first-order valence-electron chi connectivity index (χ1n) is 8.95. The number of hydrogen-bond donors (Lipinski definition) is 2. The van der Waals surface area contributed by atoms with Crippen LogP contribution in [0.1, 0.15) is 33.6 Å². The number of ether oxygens (including phenoxy) is 1. The maximum absolute atomic E-state index is 9.52. The average Bonchev–Trinajstić information content (AvgIpc) is 2.66. The molecule has 0 saturated heterocycles. The van der Waals surface area contributed by atoms with E-state index in [1.165, 1.54) is 0 Å². The standard InChI is InChI=1S/C21H24IN2O4/c1-12-5-16(6-13(2)20(12)27-11-18(26)10-25)19-9-22-28-21(24-19)17-7-14(3)23-15(4)8-17/h5-9,18,25-26H,10-11H2,1-4H3/q-1. The number of aliphatic hydroxyl groups excluding tert-OH is 2. The van der Waals surface area contributed by atoms with Crippen LogP contribution < -0.4 is 26.4 Å². The van der Waals surface area contributed by atoms with Crippen molar-refractivity contribution in [2.45, 2.75) is 33.8 Å². The van der Waals surface area contributed by atoms with Crippen LogP contribution in [0.2, 0.25) is 0 Å². The van der Waals surface area contributed by atoms with Gasteiger partial charge < -0.3 is 0 Å². The fourth-order valence-corrected chi connectivity index (χ4v) is 4.47. The third-order valence-corrected chi connectivity index (χ3v) is 5.72. The Hall–Kier alpha value is -1.97. The number of aromatic nitrogens is 1. The van der Waals surface area contributed by atoms with Crippen molar-refractivity contribution in [2.24, 2.45) is 4.99 Å². The van der Waals surface area contributed by atoms with Gasteiger partial charge in [-0.05, 0) is 0 Å². The Morgan fingerprint density at radius 3 is 2.29 bits per heavy atom. The molecule has 3 rings (SSSR count). The Labute approximate surface area is 175 Å². The summed E-state index contributed by atoms with van der Waals surface area (Å²) in [5, 5.41) is 18.5. The molecule has 0 amide bonds. The monoisotopic (exact) mass is 495 g/mol. The average molecular weight is 495 g/mol. The topological polar surface area (TPSA) is 84.2 Å². The summed E-state index contributed by atoms with van der Waals surface area (Å²) in [7, 11) is 0. The van der Waals surface area contributed by atoms with Crippen LogP contribution in [0, 0.1) is 27.7 Å². The van der Waals surface area contributed by atoms with Gasteiger partial charge in [0, 0.05) is 0 Å². The molecule has 1 aliphatic rings. The molecule has 7 heteroatoms. The number of aliphatic hydroxyl groups is 2. The second-order valence-corrected chi connectivity index (χ2v) is 8.37. The van der Waals surface area contributed by atoms with E-state index in [4.69, 9.17) is 17.9 Å². The summed E-state index contributed by atoms with van der Waals surface area (Å²) in [6, 6.07) is 8.02. The number of nitrogens with zero attached hydrogens (tertiary/aromatic N) is 2. The normalized spacial score (nSPS) is 15.1. The van der Waals surface area contributed by atoms with Gasteiger partial charge in [-0.25, -0.2) is 0 Å². The molecule has 28 heavy (non-hydrogen) atoms. The Kier molecular flexibility index (Phi) is 6.69. The molecule has 2 N–H and O–H groups in total. The zero-order valence-corrected chi connectivity index (χ0v) is 18.5. The van der Waals surface area contributed by atoms with E-state index in [-0.39, 0.29) is 13.2 Å². The molecular weight excluding hydrogens is 471 g/mol. The van der Waals surface area contributed by atoms with E-state index in [1.54, 1.807) is 0 Å². The molecular formula is C21H24IN2O4-. The van der Waals surface area contributed by atoms with Crippen LogP contribution in [0.3, 0.4) is 0 Å².